The van der Waals surface area contributed by atoms with Gasteiger partial charge in [0.25, 0.3) is 10.0 Å². The second-order valence-corrected chi connectivity index (χ2v) is 7.56. The van der Waals surface area contributed by atoms with Gasteiger partial charge >= 0.3 is 0 Å². The van der Waals surface area contributed by atoms with Gasteiger partial charge in [-0.2, -0.15) is 0 Å². The summed E-state index contributed by atoms with van der Waals surface area (Å²) in [6, 6.07) is 6.78. The van der Waals surface area contributed by atoms with E-state index in [0.29, 0.717) is 27.7 Å². The van der Waals surface area contributed by atoms with Crippen LogP contribution in [0.25, 0.3) is 0 Å². The van der Waals surface area contributed by atoms with Gasteiger partial charge in [0.15, 0.2) is 0 Å². The fourth-order valence-corrected chi connectivity index (χ4v) is 4.57. The van der Waals surface area contributed by atoms with E-state index in [0.717, 1.165) is 11.4 Å². The summed E-state index contributed by atoms with van der Waals surface area (Å²) in [6.07, 6.45) is 0. The molecule has 0 aliphatic carbocycles. The fourth-order valence-electron chi connectivity index (χ4n) is 1.85. The minimum Gasteiger partial charge on any atom is -0.312 e. The van der Waals surface area contributed by atoms with Crippen molar-refractivity contribution in [2.45, 2.75) is 25.3 Å². The molecule has 2 aromatic rings. The highest BCUT2D eigenvalue weighted by Gasteiger charge is 2.20. The van der Waals surface area contributed by atoms with Gasteiger partial charge in [-0.25, -0.2) is 8.42 Å². The maximum Gasteiger partial charge on any atom is 0.263 e. The van der Waals surface area contributed by atoms with E-state index in [-0.39, 0.29) is 0 Å². The van der Waals surface area contributed by atoms with Gasteiger partial charge in [-0.05, 0) is 42.6 Å². The van der Waals surface area contributed by atoms with E-state index in [1.807, 2.05) is 6.92 Å². The van der Waals surface area contributed by atoms with Crippen LogP contribution in [0.4, 0.5) is 5.69 Å². The van der Waals surface area contributed by atoms with Gasteiger partial charge in [-0.1, -0.05) is 24.6 Å². The molecule has 0 spiro atoms. The van der Waals surface area contributed by atoms with Crippen molar-refractivity contribution in [3.8, 4) is 0 Å². The molecule has 0 atom stereocenters. The molecule has 0 fully saturated rings. The zero-order valence-corrected chi connectivity index (χ0v) is 14.2. The van der Waals surface area contributed by atoms with Crippen molar-refractivity contribution in [1.82, 2.24) is 5.32 Å². The molecule has 1 heterocycles. The first kappa shape index (κ1) is 16.3. The topological polar surface area (TPSA) is 58.2 Å². The SMILES string of the molecule is CCNCc1sccc1S(=O)(=O)Nc1cccc(Cl)c1C. The Balaban J connectivity index is 2.30. The normalized spacial score (nSPS) is 11.6. The van der Waals surface area contributed by atoms with Crippen molar-refractivity contribution in [3.63, 3.8) is 0 Å². The summed E-state index contributed by atoms with van der Waals surface area (Å²) in [5.74, 6) is 0. The number of benzene rings is 1. The van der Waals surface area contributed by atoms with Crippen LogP contribution >= 0.6 is 22.9 Å². The summed E-state index contributed by atoms with van der Waals surface area (Å²) >= 11 is 7.45. The van der Waals surface area contributed by atoms with Crippen LogP contribution < -0.4 is 10.0 Å². The average molecular weight is 345 g/mol. The molecule has 0 aliphatic rings. The minimum absolute atomic E-state index is 0.313. The van der Waals surface area contributed by atoms with Crippen LogP contribution in [0.2, 0.25) is 5.02 Å². The molecule has 2 rings (SSSR count). The third kappa shape index (κ3) is 3.77. The molecule has 4 nitrogen and oxygen atoms in total. The quantitative estimate of drug-likeness (QED) is 0.841. The van der Waals surface area contributed by atoms with E-state index in [1.165, 1.54) is 11.3 Å². The monoisotopic (exact) mass is 344 g/mol. The Morgan fingerprint density at radius 2 is 2.05 bits per heavy atom. The van der Waals surface area contributed by atoms with Crippen LogP contribution in [-0.4, -0.2) is 15.0 Å². The summed E-state index contributed by atoms with van der Waals surface area (Å²) in [5.41, 5.74) is 1.22. The molecular weight excluding hydrogens is 328 g/mol. The number of thiophene rings is 1. The lowest BCUT2D eigenvalue weighted by Crippen LogP contribution is -2.17. The van der Waals surface area contributed by atoms with Crippen LogP contribution in [0.15, 0.2) is 34.5 Å². The lowest BCUT2D eigenvalue weighted by molar-refractivity contribution is 0.599. The molecule has 0 aliphatic heterocycles. The number of hydrogen-bond acceptors (Lipinski definition) is 4. The number of halogens is 1. The highest BCUT2D eigenvalue weighted by atomic mass is 35.5. The molecule has 0 radical (unpaired) electrons. The summed E-state index contributed by atoms with van der Waals surface area (Å²) in [4.78, 5) is 1.11. The Kier molecular flexibility index (Phi) is 5.27. The van der Waals surface area contributed by atoms with Gasteiger partial charge in [-0.3, -0.25) is 4.72 Å². The lowest BCUT2D eigenvalue weighted by atomic mass is 10.2. The van der Waals surface area contributed by atoms with Gasteiger partial charge in [0, 0.05) is 16.4 Å². The maximum absolute atomic E-state index is 12.5. The van der Waals surface area contributed by atoms with Crippen molar-refractivity contribution >= 4 is 38.6 Å². The Bertz CT molecular complexity index is 726. The first-order valence-corrected chi connectivity index (χ1v) is 9.24. The number of anilines is 1. The molecule has 0 saturated carbocycles. The number of hydrogen-bond donors (Lipinski definition) is 2. The van der Waals surface area contributed by atoms with E-state index >= 15 is 0 Å². The Morgan fingerprint density at radius 1 is 1.29 bits per heavy atom. The third-order valence-electron chi connectivity index (χ3n) is 3.04. The number of nitrogens with one attached hydrogen (secondary N) is 2. The number of rotatable bonds is 6. The van der Waals surface area contributed by atoms with Crippen molar-refractivity contribution < 1.29 is 8.42 Å². The Hall–Kier alpha value is -1.08. The average Bonchev–Trinajstić information content (AvgIpc) is 2.91. The Morgan fingerprint density at radius 3 is 2.76 bits per heavy atom. The summed E-state index contributed by atoms with van der Waals surface area (Å²) in [7, 11) is -3.61. The van der Waals surface area contributed by atoms with Gasteiger partial charge in [0.05, 0.1) is 5.69 Å². The van der Waals surface area contributed by atoms with Crippen LogP contribution in [0.1, 0.15) is 17.4 Å². The van der Waals surface area contributed by atoms with E-state index in [9.17, 15) is 8.42 Å². The summed E-state index contributed by atoms with van der Waals surface area (Å²) in [6.45, 7) is 5.10. The van der Waals surface area contributed by atoms with Crippen LogP contribution in [-0.2, 0) is 16.6 Å². The molecule has 0 bridgehead atoms. The highest BCUT2D eigenvalue weighted by molar-refractivity contribution is 7.93. The first-order chi connectivity index (χ1) is 9.95. The second kappa shape index (κ2) is 6.79. The van der Waals surface area contributed by atoms with Crippen LogP contribution in [0.3, 0.4) is 0 Å². The van der Waals surface area contributed by atoms with Crippen LogP contribution in [0, 0.1) is 6.92 Å². The molecule has 0 saturated heterocycles. The predicted molar refractivity (Wildman–Crippen MR) is 88.7 cm³/mol. The maximum atomic E-state index is 12.5. The standard InChI is InChI=1S/C14H17ClN2O2S2/c1-3-16-9-13-14(7-8-20-13)21(18,19)17-12-6-4-5-11(15)10(12)2/h4-8,16-17H,3,9H2,1-2H3. The fraction of sp³-hybridized carbons (Fsp3) is 0.286. The number of sulfonamides is 1. The largest absolute Gasteiger partial charge is 0.312 e. The van der Waals surface area contributed by atoms with Crippen LogP contribution in [0.5, 0.6) is 0 Å². The summed E-state index contributed by atoms with van der Waals surface area (Å²) in [5, 5.41) is 5.46. The molecule has 0 unspecified atom stereocenters. The predicted octanol–water partition coefficient (Wildman–Crippen LogP) is 3.62. The second-order valence-electron chi connectivity index (χ2n) is 4.51. The van der Waals surface area contributed by atoms with Gasteiger partial charge < -0.3 is 5.32 Å². The van der Waals surface area contributed by atoms with Crippen molar-refractivity contribution in [2.24, 2.45) is 0 Å². The molecule has 1 aromatic carbocycles. The highest BCUT2D eigenvalue weighted by Crippen LogP contribution is 2.28. The van der Waals surface area contributed by atoms with Crippen molar-refractivity contribution in [3.05, 3.63) is 45.1 Å². The van der Waals surface area contributed by atoms with E-state index in [1.54, 1.807) is 36.6 Å². The molecule has 0 amide bonds. The van der Waals surface area contributed by atoms with Gasteiger partial charge in [0.2, 0.25) is 0 Å². The lowest BCUT2D eigenvalue weighted by Gasteiger charge is -2.12. The zero-order chi connectivity index (χ0) is 15.5. The molecule has 1 aromatic heterocycles. The minimum atomic E-state index is -3.61. The molecular formula is C14H17ClN2O2S2. The molecule has 21 heavy (non-hydrogen) atoms. The first-order valence-electron chi connectivity index (χ1n) is 6.50. The molecule has 114 valence electrons. The van der Waals surface area contributed by atoms with E-state index < -0.39 is 10.0 Å². The summed E-state index contributed by atoms with van der Waals surface area (Å²) < 4.78 is 27.7. The van der Waals surface area contributed by atoms with Crippen molar-refractivity contribution in [2.75, 3.05) is 11.3 Å². The van der Waals surface area contributed by atoms with Crippen molar-refractivity contribution in [1.29, 1.82) is 0 Å². The Labute approximate surface area is 134 Å². The smallest absolute Gasteiger partial charge is 0.263 e. The molecule has 2 N–H and O–H groups in total. The van der Waals surface area contributed by atoms with Gasteiger partial charge in [0.1, 0.15) is 4.90 Å². The van der Waals surface area contributed by atoms with Gasteiger partial charge in [-0.15, -0.1) is 11.3 Å². The third-order valence-corrected chi connectivity index (χ3v) is 5.95. The van der Waals surface area contributed by atoms with E-state index in [4.69, 9.17) is 11.6 Å². The zero-order valence-electron chi connectivity index (χ0n) is 11.8. The molecule has 7 heteroatoms. The van der Waals surface area contributed by atoms with E-state index in [2.05, 4.69) is 10.0 Å².